The molecule has 8 nitrogen and oxygen atoms in total. The summed E-state index contributed by atoms with van der Waals surface area (Å²) in [4.78, 5) is 23.9. The molecule has 2 amide bonds. The summed E-state index contributed by atoms with van der Waals surface area (Å²) >= 11 is 0. The largest absolute Gasteiger partial charge is 0.496 e. The topological polar surface area (TPSA) is 105 Å². The van der Waals surface area contributed by atoms with E-state index in [4.69, 9.17) is 4.74 Å². The van der Waals surface area contributed by atoms with E-state index in [-0.39, 0.29) is 47.2 Å². The van der Waals surface area contributed by atoms with E-state index in [1.165, 1.54) is 29.6 Å². The summed E-state index contributed by atoms with van der Waals surface area (Å²) in [6.45, 7) is 4.16. The molecule has 3 rings (SSSR count). The van der Waals surface area contributed by atoms with E-state index in [9.17, 15) is 18.0 Å². The number of hydrogen-bond acceptors (Lipinski definition) is 5. The van der Waals surface area contributed by atoms with Crippen LogP contribution in [0.25, 0.3) is 0 Å². The van der Waals surface area contributed by atoms with Gasteiger partial charge in [0.2, 0.25) is 15.9 Å². The molecule has 31 heavy (non-hydrogen) atoms. The molecule has 164 valence electrons. The van der Waals surface area contributed by atoms with Crippen molar-refractivity contribution in [2.24, 2.45) is 0 Å². The number of carbonyl (C=O) groups excluding carboxylic acids is 2. The first-order valence-corrected chi connectivity index (χ1v) is 11.2. The predicted octanol–water partition coefficient (Wildman–Crippen LogP) is 1.34. The Morgan fingerprint density at radius 2 is 1.90 bits per heavy atom. The molecule has 9 heteroatoms. The SMILES string of the molecule is C=CC(=O)NC1CN(S(=O)(=O)c2ccc(C(=O)NCCc3ccccc3)c(OC)c2)C1. The molecule has 0 radical (unpaired) electrons. The van der Waals surface area contributed by atoms with E-state index >= 15 is 0 Å². The van der Waals surface area contributed by atoms with Crippen molar-refractivity contribution in [3.63, 3.8) is 0 Å². The number of ether oxygens (including phenoxy) is 1. The Morgan fingerprint density at radius 1 is 1.19 bits per heavy atom. The summed E-state index contributed by atoms with van der Waals surface area (Å²) in [6.07, 6.45) is 1.82. The highest BCUT2D eigenvalue weighted by Crippen LogP contribution is 2.27. The Kier molecular flexibility index (Phi) is 7.09. The Balaban J connectivity index is 1.64. The molecule has 1 aliphatic rings. The maximum absolute atomic E-state index is 12.8. The van der Waals surface area contributed by atoms with Crippen LogP contribution >= 0.6 is 0 Å². The van der Waals surface area contributed by atoms with Crippen molar-refractivity contribution in [3.8, 4) is 5.75 Å². The summed E-state index contributed by atoms with van der Waals surface area (Å²) in [6, 6.07) is 13.7. The fraction of sp³-hybridized carbons (Fsp3) is 0.273. The van der Waals surface area contributed by atoms with E-state index < -0.39 is 10.0 Å². The minimum Gasteiger partial charge on any atom is -0.496 e. The number of carbonyl (C=O) groups is 2. The zero-order chi connectivity index (χ0) is 22.4. The first-order valence-electron chi connectivity index (χ1n) is 9.78. The fourth-order valence-electron chi connectivity index (χ4n) is 3.21. The molecule has 1 fully saturated rings. The number of rotatable bonds is 9. The monoisotopic (exact) mass is 443 g/mol. The van der Waals surface area contributed by atoms with E-state index in [1.807, 2.05) is 30.3 Å². The Morgan fingerprint density at radius 3 is 2.55 bits per heavy atom. The van der Waals surface area contributed by atoms with Gasteiger partial charge in [-0.15, -0.1) is 0 Å². The molecule has 1 saturated heterocycles. The summed E-state index contributed by atoms with van der Waals surface area (Å²) in [5.41, 5.74) is 1.36. The molecule has 0 unspecified atom stereocenters. The number of sulfonamides is 1. The van der Waals surface area contributed by atoms with Gasteiger partial charge in [-0.3, -0.25) is 9.59 Å². The van der Waals surface area contributed by atoms with E-state index in [1.54, 1.807) is 0 Å². The lowest BCUT2D eigenvalue weighted by atomic mass is 10.1. The van der Waals surface area contributed by atoms with Crippen molar-refractivity contribution in [1.29, 1.82) is 0 Å². The van der Waals surface area contributed by atoms with Crippen molar-refractivity contribution >= 4 is 21.8 Å². The summed E-state index contributed by atoms with van der Waals surface area (Å²) in [5.74, 6) is -0.505. The fourth-order valence-corrected chi connectivity index (χ4v) is 4.76. The minimum absolute atomic E-state index is 0.0266. The lowest BCUT2D eigenvalue weighted by Crippen LogP contribution is -2.60. The van der Waals surface area contributed by atoms with Gasteiger partial charge in [0.15, 0.2) is 0 Å². The number of nitrogens with one attached hydrogen (secondary N) is 2. The zero-order valence-corrected chi connectivity index (χ0v) is 18.0. The van der Waals surface area contributed by atoms with Crippen LogP contribution in [0.4, 0.5) is 0 Å². The van der Waals surface area contributed by atoms with Crippen molar-refractivity contribution in [2.45, 2.75) is 17.4 Å². The summed E-state index contributed by atoms with van der Waals surface area (Å²) in [5, 5.41) is 5.48. The highest BCUT2D eigenvalue weighted by molar-refractivity contribution is 7.89. The first-order chi connectivity index (χ1) is 14.8. The molecule has 1 aliphatic heterocycles. The van der Waals surface area contributed by atoms with Gasteiger partial charge in [0.25, 0.3) is 5.91 Å². The third kappa shape index (κ3) is 5.31. The molecule has 0 atom stereocenters. The normalized spacial score (nSPS) is 14.4. The molecule has 0 saturated carbocycles. The highest BCUT2D eigenvalue weighted by atomic mass is 32.2. The molecule has 2 N–H and O–H groups in total. The van der Waals surface area contributed by atoms with Crippen LogP contribution in [0.3, 0.4) is 0 Å². The van der Waals surface area contributed by atoms with Crippen molar-refractivity contribution in [2.75, 3.05) is 26.7 Å². The molecule has 0 aliphatic carbocycles. The maximum Gasteiger partial charge on any atom is 0.255 e. The standard InChI is InChI=1S/C22H25N3O5S/c1-3-21(26)24-17-14-25(15-17)31(28,29)18-9-10-19(20(13-18)30-2)22(27)23-12-11-16-7-5-4-6-8-16/h3-10,13,17H,1,11-12,14-15H2,2H3,(H,23,27)(H,24,26). The quantitative estimate of drug-likeness (QED) is 0.569. The third-order valence-corrected chi connectivity index (χ3v) is 6.80. The second-order valence-corrected chi connectivity index (χ2v) is 9.02. The Hall–Kier alpha value is -3.17. The third-order valence-electron chi connectivity index (χ3n) is 4.98. The van der Waals surface area contributed by atoms with Crippen LogP contribution in [0.1, 0.15) is 15.9 Å². The van der Waals surface area contributed by atoms with Crippen LogP contribution in [-0.2, 0) is 21.2 Å². The van der Waals surface area contributed by atoms with Crippen LogP contribution in [0.5, 0.6) is 5.75 Å². The van der Waals surface area contributed by atoms with E-state index in [0.29, 0.717) is 13.0 Å². The predicted molar refractivity (Wildman–Crippen MR) is 116 cm³/mol. The number of hydrogen-bond donors (Lipinski definition) is 2. The van der Waals surface area contributed by atoms with Crippen LogP contribution in [-0.4, -0.2) is 57.3 Å². The number of methoxy groups -OCH3 is 1. The van der Waals surface area contributed by atoms with Gasteiger partial charge in [-0.1, -0.05) is 36.9 Å². The van der Waals surface area contributed by atoms with Gasteiger partial charge in [0, 0.05) is 25.7 Å². The van der Waals surface area contributed by atoms with Gasteiger partial charge in [-0.05, 0) is 30.2 Å². The molecular formula is C22H25N3O5S. The summed E-state index contributed by atoms with van der Waals surface area (Å²) in [7, 11) is -2.38. The molecule has 0 bridgehead atoms. The van der Waals surface area contributed by atoms with E-state index in [2.05, 4.69) is 17.2 Å². The number of nitrogens with zero attached hydrogens (tertiary/aromatic N) is 1. The number of amides is 2. The second-order valence-electron chi connectivity index (χ2n) is 7.09. The highest BCUT2D eigenvalue weighted by Gasteiger charge is 2.37. The van der Waals surface area contributed by atoms with Crippen LogP contribution in [0, 0.1) is 0 Å². The molecular weight excluding hydrogens is 418 g/mol. The minimum atomic E-state index is -3.76. The molecule has 0 aromatic heterocycles. The molecule has 0 spiro atoms. The van der Waals surface area contributed by atoms with Gasteiger partial charge in [-0.25, -0.2) is 8.42 Å². The summed E-state index contributed by atoms with van der Waals surface area (Å²) < 4.78 is 32.2. The molecule has 1 heterocycles. The smallest absolute Gasteiger partial charge is 0.255 e. The average Bonchev–Trinajstić information content (AvgIpc) is 2.75. The zero-order valence-electron chi connectivity index (χ0n) is 17.2. The Bertz CT molecular complexity index is 1060. The van der Waals surface area contributed by atoms with Crippen molar-refractivity contribution in [3.05, 3.63) is 72.3 Å². The van der Waals surface area contributed by atoms with Crippen LogP contribution in [0.15, 0.2) is 66.1 Å². The van der Waals surface area contributed by atoms with Gasteiger partial charge in [0.1, 0.15) is 5.75 Å². The lowest BCUT2D eigenvalue weighted by molar-refractivity contribution is -0.117. The maximum atomic E-state index is 12.8. The lowest BCUT2D eigenvalue weighted by Gasteiger charge is -2.38. The number of benzene rings is 2. The van der Waals surface area contributed by atoms with Crippen molar-refractivity contribution in [1.82, 2.24) is 14.9 Å². The van der Waals surface area contributed by atoms with Crippen molar-refractivity contribution < 1.29 is 22.7 Å². The van der Waals surface area contributed by atoms with Gasteiger partial charge < -0.3 is 15.4 Å². The van der Waals surface area contributed by atoms with Crippen LogP contribution in [0.2, 0.25) is 0 Å². The second kappa shape index (κ2) is 9.76. The molecule has 2 aromatic rings. The average molecular weight is 444 g/mol. The molecule has 2 aromatic carbocycles. The van der Waals surface area contributed by atoms with Gasteiger partial charge in [-0.2, -0.15) is 4.31 Å². The van der Waals surface area contributed by atoms with E-state index in [0.717, 1.165) is 11.6 Å². The van der Waals surface area contributed by atoms with Crippen LogP contribution < -0.4 is 15.4 Å². The Labute approximate surface area is 181 Å². The van der Waals surface area contributed by atoms with Gasteiger partial charge >= 0.3 is 0 Å². The van der Waals surface area contributed by atoms with Gasteiger partial charge in [0.05, 0.1) is 23.6 Å². The first kappa shape index (κ1) is 22.5.